The molecule has 3 rings (SSSR count). The molecule has 0 atom stereocenters. The molecule has 2 N–H and O–H groups in total. The van der Waals surface area contributed by atoms with Crippen LogP contribution in [0.5, 0.6) is 0 Å². The van der Waals surface area contributed by atoms with E-state index in [1.54, 1.807) is 31.3 Å². The van der Waals surface area contributed by atoms with Crippen molar-refractivity contribution in [3.05, 3.63) is 58.6 Å². The first-order chi connectivity index (χ1) is 12.6. The molecule has 0 aliphatic carbocycles. The van der Waals surface area contributed by atoms with Crippen molar-refractivity contribution in [2.75, 3.05) is 12.4 Å². The Labute approximate surface area is 157 Å². The fraction of sp³-hybridized carbons (Fsp3) is 0.118. The molecule has 0 saturated carbocycles. The van der Waals surface area contributed by atoms with E-state index in [9.17, 15) is 9.59 Å². The molecule has 8 nitrogen and oxygen atoms in total. The lowest BCUT2D eigenvalue weighted by Gasteiger charge is -2.06. The summed E-state index contributed by atoms with van der Waals surface area (Å²) >= 11 is 3.43. The SMILES string of the molecule is CNC(=O)c1cccc(NC(=O)Cn2nnc(-c3ccccc3Br)n2)c1. The van der Waals surface area contributed by atoms with E-state index in [4.69, 9.17) is 0 Å². The second-order valence-corrected chi connectivity index (χ2v) is 6.19. The van der Waals surface area contributed by atoms with Crippen LogP contribution in [0.1, 0.15) is 10.4 Å². The van der Waals surface area contributed by atoms with Crippen LogP contribution >= 0.6 is 15.9 Å². The summed E-state index contributed by atoms with van der Waals surface area (Å²) in [7, 11) is 1.55. The molecule has 2 amide bonds. The van der Waals surface area contributed by atoms with Crippen molar-refractivity contribution in [1.82, 2.24) is 25.5 Å². The molecule has 1 heterocycles. The Morgan fingerprint density at radius 3 is 2.73 bits per heavy atom. The van der Waals surface area contributed by atoms with E-state index < -0.39 is 0 Å². The van der Waals surface area contributed by atoms with Gasteiger partial charge in [-0.1, -0.05) is 34.1 Å². The summed E-state index contributed by atoms with van der Waals surface area (Å²) < 4.78 is 0.843. The highest BCUT2D eigenvalue weighted by Crippen LogP contribution is 2.24. The van der Waals surface area contributed by atoms with Gasteiger partial charge in [-0.05, 0) is 35.5 Å². The monoisotopic (exact) mass is 414 g/mol. The average molecular weight is 415 g/mol. The van der Waals surface area contributed by atoms with Gasteiger partial charge in [-0.3, -0.25) is 9.59 Å². The predicted octanol–water partition coefficient (Wildman–Crippen LogP) is 2.10. The third kappa shape index (κ3) is 4.12. The lowest BCUT2D eigenvalue weighted by molar-refractivity contribution is -0.117. The molecule has 9 heteroatoms. The fourth-order valence-electron chi connectivity index (χ4n) is 2.27. The number of tetrazole rings is 1. The number of carbonyl (C=O) groups excluding carboxylic acids is 2. The number of nitrogens with one attached hydrogen (secondary N) is 2. The minimum Gasteiger partial charge on any atom is -0.355 e. The van der Waals surface area contributed by atoms with Gasteiger partial charge in [0.1, 0.15) is 6.54 Å². The first-order valence-corrected chi connectivity index (χ1v) is 8.51. The predicted molar refractivity (Wildman–Crippen MR) is 99.4 cm³/mol. The number of nitrogens with zero attached hydrogens (tertiary/aromatic N) is 4. The minimum absolute atomic E-state index is 0.0956. The zero-order chi connectivity index (χ0) is 18.5. The lowest BCUT2D eigenvalue weighted by atomic mass is 10.2. The Bertz CT molecular complexity index is 956. The Morgan fingerprint density at radius 2 is 1.96 bits per heavy atom. The van der Waals surface area contributed by atoms with Crippen molar-refractivity contribution in [3.63, 3.8) is 0 Å². The molecule has 3 aromatic rings. The van der Waals surface area contributed by atoms with E-state index in [0.717, 1.165) is 10.0 Å². The zero-order valence-corrected chi connectivity index (χ0v) is 15.4. The van der Waals surface area contributed by atoms with Crippen LogP contribution in [0.25, 0.3) is 11.4 Å². The third-order valence-corrected chi connectivity index (χ3v) is 4.18. The molecular weight excluding hydrogens is 400 g/mol. The number of aromatic nitrogens is 4. The maximum Gasteiger partial charge on any atom is 0.251 e. The largest absolute Gasteiger partial charge is 0.355 e. The van der Waals surface area contributed by atoms with Gasteiger partial charge >= 0.3 is 0 Å². The fourth-order valence-corrected chi connectivity index (χ4v) is 2.73. The number of rotatable bonds is 5. The third-order valence-electron chi connectivity index (χ3n) is 3.49. The first-order valence-electron chi connectivity index (χ1n) is 7.71. The molecule has 0 spiro atoms. The summed E-state index contributed by atoms with van der Waals surface area (Å²) in [5.74, 6) is -0.126. The van der Waals surface area contributed by atoms with Crippen LogP contribution in [0.4, 0.5) is 5.69 Å². The summed E-state index contributed by atoms with van der Waals surface area (Å²) in [5, 5.41) is 17.4. The quantitative estimate of drug-likeness (QED) is 0.665. The molecule has 0 fully saturated rings. The molecule has 0 bridgehead atoms. The highest BCUT2D eigenvalue weighted by Gasteiger charge is 2.12. The van der Waals surface area contributed by atoms with E-state index >= 15 is 0 Å². The number of hydrogen-bond acceptors (Lipinski definition) is 5. The highest BCUT2D eigenvalue weighted by atomic mass is 79.9. The van der Waals surface area contributed by atoms with E-state index in [2.05, 4.69) is 42.0 Å². The molecule has 0 radical (unpaired) electrons. The molecular formula is C17H15BrN6O2. The summed E-state index contributed by atoms with van der Waals surface area (Å²) in [6.07, 6.45) is 0. The summed E-state index contributed by atoms with van der Waals surface area (Å²) in [6.45, 7) is -0.0956. The maximum absolute atomic E-state index is 12.2. The second-order valence-electron chi connectivity index (χ2n) is 5.33. The molecule has 2 aromatic carbocycles. The van der Waals surface area contributed by atoms with Crippen LogP contribution in [0.3, 0.4) is 0 Å². The van der Waals surface area contributed by atoms with Crippen LogP contribution in [0.15, 0.2) is 53.0 Å². The maximum atomic E-state index is 12.2. The summed E-state index contributed by atoms with van der Waals surface area (Å²) in [5.41, 5.74) is 1.76. The van der Waals surface area contributed by atoms with E-state index in [0.29, 0.717) is 17.1 Å². The Morgan fingerprint density at radius 1 is 1.15 bits per heavy atom. The molecule has 0 aliphatic heterocycles. The minimum atomic E-state index is -0.324. The van der Waals surface area contributed by atoms with Gasteiger partial charge in [0.25, 0.3) is 5.91 Å². The molecule has 0 unspecified atom stereocenters. The molecule has 132 valence electrons. The summed E-state index contributed by atoms with van der Waals surface area (Å²) in [4.78, 5) is 25.1. The molecule has 26 heavy (non-hydrogen) atoms. The van der Waals surface area contributed by atoms with Crippen molar-refractivity contribution >= 4 is 33.4 Å². The van der Waals surface area contributed by atoms with Gasteiger partial charge in [-0.15, -0.1) is 10.2 Å². The van der Waals surface area contributed by atoms with Crippen molar-refractivity contribution in [1.29, 1.82) is 0 Å². The Kier molecular flexibility index (Phi) is 5.37. The molecule has 0 saturated heterocycles. The van der Waals surface area contributed by atoms with Gasteiger partial charge in [-0.2, -0.15) is 4.80 Å². The Balaban J connectivity index is 1.68. The van der Waals surface area contributed by atoms with Crippen LogP contribution in [-0.4, -0.2) is 39.1 Å². The van der Waals surface area contributed by atoms with Crippen LogP contribution in [-0.2, 0) is 11.3 Å². The summed E-state index contributed by atoms with van der Waals surface area (Å²) in [6, 6.07) is 14.1. The number of anilines is 1. The number of carbonyl (C=O) groups is 2. The zero-order valence-electron chi connectivity index (χ0n) is 13.8. The van der Waals surface area contributed by atoms with Crippen molar-refractivity contribution in [2.45, 2.75) is 6.54 Å². The van der Waals surface area contributed by atoms with Gasteiger partial charge in [0.15, 0.2) is 0 Å². The van der Waals surface area contributed by atoms with Crippen molar-refractivity contribution in [3.8, 4) is 11.4 Å². The van der Waals surface area contributed by atoms with Gasteiger partial charge < -0.3 is 10.6 Å². The van der Waals surface area contributed by atoms with Crippen molar-refractivity contribution in [2.24, 2.45) is 0 Å². The Hall–Kier alpha value is -3.07. The normalized spacial score (nSPS) is 10.4. The number of benzene rings is 2. The van der Waals surface area contributed by atoms with E-state index in [-0.39, 0.29) is 18.4 Å². The van der Waals surface area contributed by atoms with E-state index in [1.165, 1.54) is 4.80 Å². The topological polar surface area (TPSA) is 102 Å². The van der Waals surface area contributed by atoms with Gasteiger partial charge in [-0.25, -0.2) is 0 Å². The standard InChI is InChI=1S/C17H15BrN6O2/c1-19-17(26)11-5-4-6-12(9-11)20-15(25)10-24-22-16(21-23-24)13-7-2-3-8-14(13)18/h2-9H,10H2,1H3,(H,19,26)(H,20,25). The van der Waals surface area contributed by atoms with Gasteiger partial charge in [0, 0.05) is 28.3 Å². The van der Waals surface area contributed by atoms with Crippen molar-refractivity contribution < 1.29 is 9.59 Å². The smallest absolute Gasteiger partial charge is 0.251 e. The number of halogens is 1. The molecule has 0 aliphatic rings. The lowest BCUT2D eigenvalue weighted by Crippen LogP contribution is -2.21. The highest BCUT2D eigenvalue weighted by molar-refractivity contribution is 9.10. The number of hydrogen-bond donors (Lipinski definition) is 2. The van der Waals surface area contributed by atoms with Crippen LogP contribution < -0.4 is 10.6 Å². The first kappa shape index (κ1) is 17.7. The van der Waals surface area contributed by atoms with Crippen LogP contribution in [0, 0.1) is 0 Å². The van der Waals surface area contributed by atoms with Gasteiger partial charge in [0.05, 0.1) is 0 Å². The van der Waals surface area contributed by atoms with Crippen LogP contribution in [0.2, 0.25) is 0 Å². The number of amides is 2. The molecule has 1 aromatic heterocycles. The second kappa shape index (κ2) is 7.87. The van der Waals surface area contributed by atoms with Gasteiger partial charge in [0.2, 0.25) is 11.7 Å². The average Bonchev–Trinajstić information content (AvgIpc) is 3.09. The van der Waals surface area contributed by atoms with E-state index in [1.807, 2.05) is 24.3 Å².